The van der Waals surface area contributed by atoms with Crippen LogP contribution in [0.15, 0.2) is 0 Å². The van der Waals surface area contributed by atoms with Crippen molar-refractivity contribution in [1.29, 1.82) is 0 Å². The van der Waals surface area contributed by atoms with Crippen LogP contribution < -0.4 is 0 Å². The second-order valence-corrected chi connectivity index (χ2v) is 8.30. The van der Waals surface area contributed by atoms with Crippen LogP contribution in [0, 0.1) is 28.6 Å². The molecule has 5 atom stereocenters. The summed E-state index contributed by atoms with van der Waals surface area (Å²) < 4.78 is 5.20. The molecule has 0 radical (unpaired) electrons. The van der Waals surface area contributed by atoms with Crippen LogP contribution >= 0.6 is 0 Å². The fourth-order valence-electron chi connectivity index (χ4n) is 5.02. The molecule has 0 aromatic rings. The first-order valence-electron chi connectivity index (χ1n) is 8.50. The molecule has 2 saturated carbocycles. The number of rotatable bonds is 3. The number of hydrogen-bond donors (Lipinski definition) is 1. The van der Waals surface area contributed by atoms with E-state index in [2.05, 4.69) is 27.7 Å². The van der Waals surface area contributed by atoms with Crippen LogP contribution in [-0.4, -0.2) is 23.8 Å². The number of aliphatic hydroxyl groups is 1. The van der Waals surface area contributed by atoms with E-state index in [-0.39, 0.29) is 17.5 Å². The molecule has 2 rings (SSSR count). The lowest BCUT2D eigenvalue weighted by atomic mass is 9.47. The molecule has 3 heteroatoms. The van der Waals surface area contributed by atoms with Gasteiger partial charge >= 0.3 is 5.97 Å². The Kier molecular flexibility index (Phi) is 4.72. The zero-order valence-electron chi connectivity index (χ0n) is 14.3. The summed E-state index contributed by atoms with van der Waals surface area (Å²) in [5, 5.41) is 10.7. The molecule has 2 aliphatic carbocycles. The van der Waals surface area contributed by atoms with Crippen molar-refractivity contribution in [2.75, 3.05) is 6.61 Å². The monoisotopic (exact) mass is 296 g/mol. The van der Waals surface area contributed by atoms with E-state index in [1.807, 2.05) is 0 Å². The van der Waals surface area contributed by atoms with Crippen LogP contribution in [0.25, 0.3) is 0 Å². The van der Waals surface area contributed by atoms with Crippen LogP contribution in [0.1, 0.15) is 66.7 Å². The van der Waals surface area contributed by atoms with Crippen LogP contribution in [0.5, 0.6) is 0 Å². The third-order valence-electron chi connectivity index (χ3n) is 6.68. The summed E-state index contributed by atoms with van der Waals surface area (Å²) in [5.74, 6) is 1.28. The Bertz CT molecular complexity index is 390. The van der Waals surface area contributed by atoms with Crippen molar-refractivity contribution in [2.45, 2.75) is 72.8 Å². The third-order valence-corrected chi connectivity index (χ3v) is 6.68. The van der Waals surface area contributed by atoms with Gasteiger partial charge in [0.1, 0.15) is 0 Å². The Hall–Kier alpha value is -0.570. The van der Waals surface area contributed by atoms with Crippen molar-refractivity contribution in [3.63, 3.8) is 0 Å². The molecule has 0 amide bonds. The van der Waals surface area contributed by atoms with Crippen LogP contribution in [0.2, 0.25) is 0 Å². The molecule has 3 nitrogen and oxygen atoms in total. The zero-order chi connectivity index (χ0) is 15.8. The summed E-state index contributed by atoms with van der Waals surface area (Å²) >= 11 is 0. The van der Waals surface area contributed by atoms with Gasteiger partial charge in [-0.1, -0.05) is 27.7 Å². The number of aliphatic hydroxyl groups excluding tert-OH is 1. The number of hydrogen-bond acceptors (Lipinski definition) is 3. The summed E-state index contributed by atoms with van der Waals surface area (Å²) in [4.78, 5) is 11.0. The van der Waals surface area contributed by atoms with Crippen molar-refractivity contribution in [3.05, 3.63) is 0 Å². The van der Waals surface area contributed by atoms with Crippen molar-refractivity contribution < 1.29 is 14.6 Å². The van der Waals surface area contributed by atoms with Gasteiger partial charge in [0.05, 0.1) is 12.7 Å². The van der Waals surface area contributed by atoms with Crippen LogP contribution in [0.4, 0.5) is 0 Å². The van der Waals surface area contributed by atoms with Crippen LogP contribution in [-0.2, 0) is 9.53 Å². The van der Waals surface area contributed by atoms with Gasteiger partial charge in [-0.05, 0) is 60.7 Å². The molecule has 0 aliphatic heterocycles. The molecule has 0 heterocycles. The van der Waals surface area contributed by atoms with Gasteiger partial charge < -0.3 is 9.84 Å². The highest BCUT2D eigenvalue weighted by atomic mass is 16.5. The maximum atomic E-state index is 11.0. The van der Waals surface area contributed by atoms with E-state index >= 15 is 0 Å². The topological polar surface area (TPSA) is 46.5 Å². The lowest BCUT2D eigenvalue weighted by molar-refractivity contribution is -0.154. The Morgan fingerprint density at radius 1 is 1.24 bits per heavy atom. The van der Waals surface area contributed by atoms with E-state index in [1.54, 1.807) is 0 Å². The summed E-state index contributed by atoms with van der Waals surface area (Å²) in [7, 11) is 0. The third kappa shape index (κ3) is 3.13. The van der Waals surface area contributed by atoms with Gasteiger partial charge in [0.2, 0.25) is 0 Å². The predicted molar refractivity (Wildman–Crippen MR) is 83.8 cm³/mol. The second-order valence-electron chi connectivity index (χ2n) is 8.30. The largest absolute Gasteiger partial charge is 0.466 e. The highest BCUT2D eigenvalue weighted by Gasteiger charge is 2.55. The molecule has 2 aliphatic rings. The van der Waals surface area contributed by atoms with E-state index in [4.69, 9.17) is 4.74 Å². The predicted octanol–water partition coefficient (Wildman–Crippen LogP) is 3.79. The Morgan fingerprint density at radius 2 is 1.90 bits per heavy atom. The summed E-state index contributed by atoms with van der Waals surface area (Å²) in [6.45, 7) is 11.3. The van der Waals surface area contributed by atoms with Crippen molar-refractivity contribution in [3.8, 4) is 0 Å². The lowest BCUT2D eigenvalue weighted by Gasteiger charge is -2.59. The van der Waals surface area contributed by atoms with Gasteiger partial charge in [-0.2, -0.15) is 0 Å². The maximum absolute atomic E-state index is 11.0. The number of carbonyl (C=O) groups excluding carboxylic acids is 1. The van der Waals surface area contributed by atoms with Gasteiger partial charge in [0, 0.05) is 6.92 Å². The van der Waals surface area contributed by atoms with Gasteiger partial charge in [-0.25, -0.2) is 0 Å². The van der Waals surface area contributed by atoms with Crippen molar-refractivity contribution in [2.24, 2.45) is 28.6 Å². The average Bonchev–Trinajstić information content (AvgIpc) is 2.37. The summed E-state index contributed by atoms with van der Waals surface area (Å²) in [6, 6.07) is 0. The normalized spacial score (nSPS) is 42.2. The fourth-order valence-corrected chi connectivity index (χ4v) is 5.02. The standard InChI is InChI=1S/C18H32O3/c1-12-6-7-14-16(15(20)8-9-17(14,3)4)18(12,5)10-11-21-13(2)19/h12,14-16,20H,6-11H2,1-5H3. The van der Waals surface area contributed by atoms with E-state index in [0.717, 1.165) is 19.3 Å². The number of carbonyl (C=O) groups is 1. The first-order valence-corrected chi connectivity index (χ1v) is 8.50. The minimum atomic E-state index is -0.205. The molecule has 0 saturated heterocycles. The Labute approximate surface area is 129 Å². The van der Waals surface area contributed by atoms with Crippen LogP contribution in [0.3, 0.4) is 0 Å². The molecule has 122 valence electrons. The van der Waals surface area contributed by atoms with Gasteiger partial charge in [-0.3, -0.25) is 4.79 Å². The van der Waals surface area contributed by atoms with Crippen molar-refractivity contribution in [1.82, 2.24) is 0 Å². The minimum Gasteiger partial charge on any atom is -0.466 e. The molecule has 5 unspecified atom stereocenters. The van der Waals surface area contributed by atoms with E-state index < -0.39 is 0 Å². The molecule has 0 spiro atoms. The summed E-state index contributed by atoms with van der Waals surface area (Å²) in [5.41, 5.74) is 0.377. The minimum absolute atomic E-state index is 0.0650. The molecule has 0 aromatic heterocycles. The molecule has 21 heavy (non-hydrogen) atoms. The maximum Gasteiger partial charge on any atom is 0.302 e. The summed E-state index contributed by atoms with van der Waals surface area (Å²) in [6.07, 6.45) is 5.12. The van der Waals surface area contributed by atoms with E-state index in [1.165, 1.54) is 19.8 Å². The first kappa shape index (κ1) is 16.8. The molecule has 2 fully saturated rings. The number of ether oxygens (including phenoxy) is 1. The van der Waals surface area contributed by atoms with Crippen molar-refractivity contribution >= 4 is 5.97 Å². The highest BCUT2D eigenvalue weighted by molar-refractivity contribution is 5.65. The first-order chi connectivity index (χ1) is 9.68. The zero-order valence-corrected chi connectivity index (χ0v) is 14.3. The highest BCUT2D eigenvalue weighted by Crippen LogP contribution is 2.59. The molecule has 0 aromatic carbocycles. The van der Waals surface area contributed by atoms with Gasteiger partial charge in [0.15, 0.2) is 0 Å². The van der Waals surface area contributed by atoms with Gasteiger partial charge in [-0.15, -0.1) is 0 Å². The molecule has 0 bridgehead atoms. The van der Waals surface area contributed by atoms with E-state index in [0.29, 0.717) is 29.8 Å². The Morgan fingerprint density at radius 3 is 2.52 bits per heavy atom. The quantitative estimate of drug-likeness (QED) is 0.806. The molecule has 1 N–H and O–H groups in total. The SMILES string of the molecule is CC(=O)OCCC1(C)C(C)CCC2C1C(O)CCC2(C)C. The fraction of sp³-hybridized carbons (Fsp3) is 0.944. The average molecular weight is 296 g/mol. The lowest BCUT2D eigenvalue weighted by Crippen LogP contribution is -2.55. The molecular formula is C18H32O3. The second kappa shape index (κ2) is 5.91. The Balaban J connectivity index is 2.21. The van der Waals surface area contributed by atoms with E-state index in [9.17, 15) is 9.90 Å². The van der Waals surface area contributed by atoms with Gasteiger partial charge in [0.25, 0.3) is 0 Å². The number of fused-ring (bicyclic) bond motifs is 1. The molecular weight excluding hydrogens is 264 g/mol. The smallest absolute Gasteiger partial charge is 0.302 e. The number of esters is 1.